The summed E-state index contributed by atoms with van der Waals surface area (Å²) < 4.78 is 7.25. The molecule has 0 saturated carbocycles. The monoisotopic (exact) mass is 354 g/mol. The topological polar surface area (TPSA) is 76.9 Å². The third-order valence-electron chi connectivity index (χ3n) is 4.69. The summed E-state index contributed by atoms with van der Waals surface area (Å²) in [6, 6.07) is 6.06. The standard InChI is InChI=1S/C19H19ClN4O/c1-9-6-7-14(25-5)11(3)17(9)24-18(22)13(8-21)15-16(20)10(2)12(4)23-19(15)24/h6-7H,22H2,1-5H3. The summed E-state index contributed by atoms with van der Waals surface area (Å²) >= 11 is 6.54. The van der Waals surface area contributed by atoms with E-state index in [0.29, 0.717) is 27.4 Å². The Morgan fingerprint density at radius 2 is 1.88 bits per heavy atom. The Balaban J connectivity index is 2.56. The van der Waals surface area contributed by atoms with E-state index in [-0.39, 0.29) is 0 Å². The molecule has 0 atom stereocenters. The molecule has 5 nitrogen and oxygen atoms in total. The Labute approximate surface area is 151 Å². The van der Waals surface area contributed by atoms with Crippen LogP contribution in [0.3, 0.4) is 0 Å². The zero-order valence-corrected chi connectivity index (χ0v) is 15.6. The van der Waals surface area contributed by atoms with Gasteiger partial charge in [-0.2, -0.15) is 5.26 Å². The number of rotatable bonds is 2. The number of anilines is 1. The van der Waals surface area contributed by atoms with E-state index in [0.717, 1.165) is 33.8 Å². The number of hydrogen-bond acceptors (Lipinski definition) is 4. The molecular weight excluding hydrogens is 336 g/mol. The molecule has 2 aromatic heterocycles. The average Bonchev–Trinajstić information content (AvgIpc) is 2.85. The number of nitrogens with zero attached hydrogens (tertiary/aromatic N) is 3. The van der Waals surface area contributed by atoms with Crippen molar-refractivity contribution in [2.75, 3.05) is 12.8 Å². The largest absolute Gasteiger partial charge is 0.496 e. The van der Waals surface area contributed by atoms with Gasteiger partial charge in [0.1, 0.15) is 28.8 Å². The van der Waals surface area contributed by atoms with Crippen molar-refractivity contribution in [2.45, 2.75) is 27.7 Å². The van der Waals surface area contributed by atoms with Gasteiger partial charge in [-0.25, -0.2) is 4.98 Å². The fourth-order valence-corrected chi connectivity index (χ4v) is 3.52. The molecule has 3 rings (SSSR count). The lowest BCUT2D eigenvalue weighted by Gasteiger charge is -2.17. The lowest BCUT2D eigenvalue weighted by molar-refractivity contribution is 0.411. The number of pyridine rings is 1. The minimum Gasteiger partial charge on any atom is -0.496 e. The lowest BCUT2D eigenvalue weighted by atomic mass is 10.1. The normalized spacial score (nSPS) is 10.9. The van der Waals surface area contributed by atoms with Crippen molar-refractivity contribution in [3.05, 3.63) is 45.1 Å². The molecule has 0 aliphatic carbocycles. The predicted molar refractivity (Wildman–Crippen MR) is 101 cm³/mol. The van der Waals surface area contributed by atoms with E-state index in [9.17, 15) is 5.26 Å². The second-order valence-corrected chi connectivity index (χ2v) is 6.48. The highest BCUT2D eigenvalue weighted by Gasteiger charge is 2.24. The molecule has 0 unspecified atom stereocenters. The first-order valence-electron chi connectivity index (χ1n) is 7.84. The van der Waals surface area contributed by atoms with Crippen molar-refractivity contribution in [1.82, 2.24) is 9.55 Å². The number of nitrogen functional groups attached to an aromatic ring is 1. The van der Waals surface area contributed by atoms with Crippen LogP contribution in [0.15, 0.2) is 12.1 Å². The number of nitrogens with two attached hydrogens (primary N) is 1. The molecule has 0 fully saturated rings. The Hall–Kier alpha value is -2.71. The van der Waals surface area contributed by atoms with Crippen LogP contribution in [0.5, 0.6) is 5.75 Å². The minimum absolute atomic E-state index is 0.330. The highest BCUT2D eigenvalue weighted by atomic mass is 35.5. The van der Waals surface area contributed by atoms with Crippen LogP contribution in [-0.4, -0.2) is 16.7 Å². The summed E-state index contributed by atoms with van der Waals surface area (Å²) in [5, 5.41) is 10.8. The first-order valence-corrected chi connectivity index (χ1v) is 8.22. The third-order valence-corrected chi connectivity index (χ3v) is 5.16. The van der Waals surface area contributed by atoms with Crippen molar-refractivity contribution < 1.29 is 4.74 Å². The Morgan fingerprint density at radius 1 is 1.20 bits per heavy atom. The van der Waals surface area contributed by atoms with Crippen LogP contribution in [0.2, 0.25) is 5.02 Å². The van der Waals surface area contributed by atoms with Gasteiger partial charge < -0.3 is 10.5 Å². The summed E-state index contributed by atoms with van der Waals surface area (Å²) in [6.45, 7) is 7.73. The number of hydrogen-bond donors (Lipinski definition) is 1. The van der Waals surface area contributed by atoms with E-state index < -0.39 is 0 Å². The smallest absolute Gasteiger partial charge is 0.149 e. The molecule has 0 amide bonds. The van der Waals surface area contributed by atoms with Gasteiger partial charge in [0.05, 0.1) is 23.2 Å². The van der Waals surface area contributed by atoms with Crippen LogP contribution in [0, 0.1) is 39.0 Å². The molecule has 6 heteroatoms. The number of nitriles is 1. The van der Waals surface area contributed by atoms with E-state index in [1.807, 2.05) is 39.8 Å². The number of benzene rings is 1. The van der Waals surface area contributed by atoms with Crippen molar-refractivity contribution in [3.8, 4) is 17.5 Å². The Kier molecular flexibility index (Phi) is 4.09. The van der Waals surface area contributed by atoms with Crippen molar-refractivity contribution in [2.24, 2.45) is 0 Å². The van der Waals surface area contributed by atoms with Gasteiger partial charge in [-0.05, 0) is 44.9 Å². The molecule has 3 aromatic rings. The number of methoxy groups -OCH3 is 1. The summed E-state index contributed by atoms with van der Waals surface area (Å²) in [6.07, 6.45) is 0. The molecule has 25 heavy (non-hydrogen) atoms. The number of ether oxygens (including phenoxy) is 1. The van der Waals surface area contributed by atoms with Gasteiger partial charge in [-0.1, -0.05) is 17.7 Å². The fraction of sp³-hybridized carbons (Fsp3) is 0.263. The second-order valence-electron chi connectivity index (χ2n) is 6.10. The van der Waals surface area contributed by atoms with Gasteiger partial charge in [0.15, 0.2) is 0 Å². The minimum atomic E-state index is 0.330. The first kappa shape index (κ1) is 17.1. The highest BCUT2D eigenvalue weighted by Crippen LogP contribution is 2.39. The third kappa shape index (κ3) is 2.33. The van der Waals surface area contributed by atoms with Crippen LogP contribution in [-0.2, 0) is 0 Å². The molecule has 0 saturated heterocycles. The maximum Gasteiger partial charge on any atom is 0.149 e. The maximum atomic E-state index is 9.65. The first-order chi connectivity index (χ1) is 11.8. The number of halogens is 1. The zero-order valence-electron chi connectivity index (χ0n) is 14.9. The number of aryl methyl sites for hydroxylation is 2. The highest BCUT2D eigenvalue weighted by molar-refractivity contribution is 6.36. The van der Waals surface area contributed by atoms with Gasteiger partial charge in [0.25, 0.3) is 0 Å². The Bertz CT molecular complexity index is 1060. The van der Waals surface area contributed by atoms with E-state index in [1.165, 1.54) is 0 Å². The van der Waals surface area contributed by atoms with E-state index in [1.54, 1.807) is 11.7 Å². The molecule has 2 N–H and O–H groups in total. The molecule has 1 aromatic carbocycles. The predicted octanol–water partition coefficient (Wildman–Crippen LogP) is 4.38. The van der Waals surface area contributed by atoms with Gasteiger partial charge in [-0.15, -0.1) is 0 Å². The van der Waals surface area contributed by atoms with Crippen LogP contribution in [0.25, 0.3) is 16.7 Å². The lowest BCUT2D eigenvalue weighted by Crippen LogP contribution is -2.07. The van der Waals surface area contributed by atoms with E-state index in [4.69, 9.17) is 22.1 Å². The van der Waals surface area contributed by atoms with Gasteiger partial charge in [0.2, 0.25) is 0 Å². The molecular formula is C19H19ClN4O. The van der Waals surface area contributed by atoms with Crippen LogP contribution in [0.4, 0.5) is 5.82 Å². The molecule has 0 aliphatic heterocycles. The van der Waals surface area contributed by atoms with Gasteiger partial charge >= 0.3 is 0 Å². The van der Waals surface area contributed by atoms with Gasteiger partial charge in [0, 0.05) is 11.3 Å². The SMILES string of the molecule is COc1ccc(C)c(-n2c(N)c(C#N)c3c(Cl)c(C)c(C)nc32)c1C. The molecule has 0 aliphatic rings. The van der Waals surface area contributed by atoms with E-state index >= 15 is 0 Å². The summed E-state index contributed by atoms with van der Waals surface area (Å²) in [5.41, 5.74) is 11.7. The van der Waals surface area contributed by atoms with Gasteiger partial charge in [-0.3, -0.25) is 4.57 Å². The number of aromatic nitrogens is 2. The van der Waals surface area contributed by atoms with Crippen LogP contribution in [0.1, 0.15) is 27.9 Å². The summed E-state index contributed by atoms with van der Waals surface area (Å²) in [7, 11) is 1.63. The quantitative estimate of drug-likeness (QED) is 0.741. The fourth-order valence-electron chi connectivity index (χ4n) is 3.20. The van der Waals surface area contributed by atoms with Crippen molar-refractivity contribution in [1.29, 1.82) is 5.26 Å². The van der Waals surface area contributed by atoms with E-state index in [2.05, 4.69) is 11.1 Å². The summed E-state index contributed by atoms with van der Waals surface area (Å²) in [5.74, 6) is 1.08. The molecule has 0 spiro atoms. The van der Waals surface area contributed by atoms with Crippen molar-refractivity contribution in [3.63, 3.8) is 0 Å². The van der Waals surface area contributed by atoms with Crippen LogP contribution >= 0.6 is 11.6 Å². The molecule has 0 bridgehead atoms. The maximum absolute atomic E-state index is 9.65. The molecule has 2 heterocycles. The van der Waals surface area contributed by atoms with Crippen molar-refractivity contribution >= 4 is 28.5 Å². The molecule has 0 radical (unpaired) electrons. The van der Waals surface area contributed by atoms with Crippen LogP contribution < -0.4 is 10.5 Å². The summed E-state index contributed by atoms with van der Waals surface area (Å²) in [4.78, 5) is 4.69. The Morgan fingerprint density at radius 3 is 2.48 bits per heavy atom. The second kappa shape index (κ2) is 5.98. The average molecular weight is 355 g/mol. The zero-order chi connectivity index (χ0) is 18.5. The number of fused-ring (bicyclic) bond motifs is 1. The molecule has 128 valence electrons.